The largest absolute Gasteiger partial charge is 0.398 e. The molecule has 2 N–H and O–H groups in total. The number of fused-ring (bicyclic) bond motifs is 1. The molecule has 0 aromatic heterocycles. The second-order valence-electron chi connectivity index (χ2n) is 4.43. The van der Waals surface area contributed by atoms with Crippen molar-refractivity contribution < 1.29 is 14.0 Å². The summed E-state index contributed by atoms with van der Waals surface area (Å²) >= 11 is 9.11. The average molecular weight is 370 g/mol. The van der Waals surface area contributed by atoms with Crippen molar-refractivity contribution in [2.75, 3.05) is 10.6 Å². The van der Waals surface area contributed by atoms with Gasteiger partial charge in [-0.1, -0.05) is 17.7 Å². The lowest BCUT2D eigenvalue weighted by atomic mass is 10.1. The highest BCUT2D eigenvalue weighted by molar-refractivity contribution is 9.10. The molecule has 2 aromatic rings. The molecule has 1 aliphatic rings. The number of imide groups is 1. The molecule has 2 aromatic carbocycles. The molecule has 0 saturated heterocycles. The van der Waals surface area contributed by atoms with Crippen LogP contribution in [0.4, 0.5) is 15.8 Å². The minimum Gasteiger partial charge on any atom is -0.398 e. The van der Waals surface area contributed by atoms with Gasteiger partial charge in [-0.3, -0.25) is 9.59 Å². The highest BCUT2D eigenvalue weighted by atomic mass is 79.9. The van der Waals surface area contributed by atoms with Crippen LogP contribution in [0.2, 0.25) is 5.02 Å². The number of amides is 2. The molecule has 106 valence electrons. The van der Waals surface area contributed by atoms with E-state index in [-0.39, 0.29) is 32.0 Å². The summed E-state index contributed by atoms with van der Waals surface area (Å²) in [6.07, 6.45) is 0. The maximum atomic E-state index is 13.3. The van der Waals surface area contributed by atoms with E-state index in [0.717, 1.165) is 17.0 Å². The van der Waals surface area contributed by atoms with Gasteiger partial charge in [0.25, 0.3) is 11.8 Å². The molecule has 0 saturated carbocycles. The molecule has 7 heteroatoms. The maximum absolute atomic E-state index is 13.3. The van der Waals surface area contributed by atoms with Gasteiger partial charge in [-0.15, -0.1) is 0 Å². The lowest BCUT2D eigenvalue weighted by Gasteiger charge is -2.17. The van der Waals surface area contributed by atoms with Gasteiger partial charge in [-0.25, -0.2) is 9.29 Å². The molecule has 0 bridgehead atoms. The number of nitrogens with zero attached hydrogens (tertiary/aromatic N) is 1. The fraction of sp³-hybridized carbons (Fsp3) is 0. The first-order chi connectivity index (χ1) is 9.91. The van der Waals surface area contributed by atoms with E-state index in [1.165, 1.54) is 12.1 Å². The lowest BCUT2D eigenvalue weighted by Crippen LogP contribution is -2.30. The quantitative estimate of drug-likeness (QED) is 0.617. The van der Waals surface area contributed by atoms with Crippen LogP contribution < -0.4 is 10.6 Å². The molecule has 1 aliphatic heterocycles. The summed E-state index contributed by atoms with van der Waals surface area (Å²) < 4.78 is 13.5. The Morgan fingerprint density at radius 1 is 1.19 bits per heavy atom. The molecule has 0 aliphatic carbocycles. The number of hydrogen-bond acceptors (Lipinski definition) is 3. The fourth-order valence-electron chi connectivity index (χ4n) is 2.26. The zero-order chi connectivity index (χ0) is 15.3. The van der Waals surface area contributed by atoms with Crippen LogP contribution in [0.5, 0.6) is 0 Å². The third-order valence-electron chi connectivity index (χ3n) is 3.15. The molecular formula is C14H7BrClFN2O2. The molecule has 4 nitrogen and oxygen atoms in total. The van der Waals surface area contributed by atoms with Crippen molar-refractivity contribution in [3.8, 4) is 0 Å². The summed E-state index contributed by atoms with van der Waals surface area (Å²) in [6, 6.07) is 6.80. The standard InChI is InChI=1S/C14H7BrClFN2O2/c15-8-4-6(17)5-9(16)12(8)19-13(20)7-2-1-3-10(18)11(7)14(19)21/h1-5H,18H2. The van der Waals surface area contributed by atoms with Gasteiger partial charge in [0, 0.05) is 10.2 Å². The smallest absolute Gasteiger partial charge is 0.268 e. The monoisotopic (exact) mass is 368 g/mol. The van der Waals surface area contributed by atoms with Crippen molar-refractivity contribution in [1.29, 1.82) is 0 Å². The number of hydrogen-bond donors (Lipinski definition) is 1. The van der Waals surface area contributed by atoms with Gasteiger partial charge in [0.1, 0.15) is 5.82 Å². The lowest BCUT2D eigenvalue weighted by molar-refractivity contribution is 0.0926. The normalized spacial score (nSPS) is 13.8. The Labute approximate surface area is 132 Å². The Kier molecular flexibility index (Phi) is 3.22. The number of halogens is 3. The second-order valence-corrected chi connectivity index (χ2v) is 5.70. The average Bonchev–Trinajstić information content (AvgIpc) is 2.64. The van der Waals surface area contributed by atoms with Crippen LogP contribution in [0, 0.1) is 5.82 Å². The van der Waals surface area contributed by atoms with E-state index in [0.29, 0.717) is 0 Å². The number of benzene rings is 2. The number of carbonyl (C=O) groups is 2. The topological polar surface area (TPSA) is 63.4 Å². The fourth-order valence-corrected chi connectivity index (χ4v) is 3.28. The molecule has 1 heterocycles. The van der Waals surface area contributed by atoms with Gasteiger partial charge in [0.05, 0.1) is 21.8 Å². The van der Waals surface area contributed by atoms with Crippen LogP contribution in [-0.4, -0.2) is 11.8 Å². The van der Waals surface area contributed by atoms with E-state index in [1.807, 2.05) is 0 Å². The number of nitrogens with two attached hydrogens (primary N) is 1. The van der Waals surface area contributed by atoms with Crippen LogP contribution in [0.3, 0.4) is 0 Å². The first kappa shape index (κ1) is 14.0. The summed E-state index contributed by atoms with van der Waals surface area (Å²) in [5.41, 5.74) is 6.41. The molecular weight excluding hydrogens is 363 g/mol. The van der Waals surface area contributed by atoms with Crippen LogP contribution in [0.1, 0.15) is 20.7 Å². The van der Waals surface area contributed by atoms with Crippen LogP contribution in [-0.2, 0) is 0 Å². The van der Waals surface area contributed by atoms with Gasteiger partial charge in [0.15, 0.2) is 0 Å². The van der Waals surface area contributed by atoms with Crippen molar-refractivity contribution in [2.24, 2.45) is 0 Å². The maximum Gasteiger partial charge on any atom is 0.268 e. The van der Waals surface area contributed by atoms with E-state index in [1.54, 1.807) is 6.07 Å². The first-order valence-electron chi connectivity index (χ1n) is 5.83. The SMILES string of the molecule is Nc1cccc2c1C(=O)N(c1c(Cl)cc(F)cc1Br)C2=O. The summed E-state index contributed by atoms with van der Waals surface area (Å²) in [4.78, 5) is 25.8. The number of nitrogen functional groups attached to an aromatic ring is 1. The van der Waals surface area contributed by atoms with Gasteiger partial charge in [-0.2, -0.15) is 0 Å². The minimum atomic E-state index is -0.581. The van der Waals surface area contributed by atoms with Crippen molar-refractivity contribution in [3.05, 3.63) is 56.8 Å². The summed E-state index contributed by atoms with van der Waals surface area (Å²) in [5, 5.41) is -0.0463. The Hall–Kier alpha value is -1.92. The summed E-state index contributed by atoms with van der Waals surface area (Å²) in [5.74, 6) is -1.70. The zero-order valence-electron chi connectivity index (χ0n) is 10.4. The first-order valence-corrected chi connectivity index (χ1v) is 7.00. The van der Waals surface area contributed by atoms with E-state index in [4.69, 9.17) is 17.3 Å². The number of rotatable bonds is 1. The van der Waals surface area contributed by atoms with Crippen molar-refractivity contribution in [2.45, 2.75) is 0 Å². The van der Waals surface area contributed by atoms with Crippen molar-refractivity contribution >= 4 is 50.7 Å². The summed E-state index contributed by atoms with van der Waals surface area (Å²) in [7, 11) is 0. The van der Waals surface area contributed by atoms with Crippen molar-refractivity contribution in [3.63, 3.8) is 0 Å². The van der Waals surface area contributed by atoms with E-state index in [9.17, 15) is 14.0 Å². The third-order valence-corrected chi connectivity index (χ3v) is 4.05. The molecule has 2 amide bonds. The number of carbonyl (C=O) groups excluding carboxylic acids is 2. The Morgan fingerprint density at radius 2 is 1.90 bits per heavy atom. The highest BCUT2D eigenvalue weighted by Crippen LogP contribution is 2.40. The van der Waals surface area contributed by atoms with Crippen LogP contribution in [0.25, 0.3) is 0 Å². The van der Waals surface area contributed by atoms with E-state index < -0.39 is 17.6 Å². The predicted octanol–water partition coefficient (Wildman–Crippen LogP) is 3.62. The van der Waals surface area contributed by atoms with Gasteiger partial charge >= 0.3 is 0 Å². The minimum absolute atomic E-state index is 0.0463. The third kappa shape index (κ3) is 2.02. The second kappa shape index (κ2) is 4.82. The molecule has 3 rings (SSSR count). The Bertz CT molecular complexity index is 787. The van der Waals surface area contributed by atoms with Gasteiger partial charge < -0.3 is 5.73 Å². The van der Waals surface area contributed by atoms with Gasteiger partial charge in [-0.05, 0) is 40.2 Å². The highest BCUT2D eigenvalue weighted by Gasteiger charge is 2.40. The van der Waals surface area contributed by atoms with Crippen molar-refractivity contribution in [1.82, 2.24) is 0 Å². The molecule has 0 fully saturated rings. The van der Waals surface area contributed by atoms with Crippen LogP contribution >= 0.6 is 27.5 Å². The predicted molar refractivity (Wildman–Crippen MR) is 81.1 cm³/mol. The van der Waals surface area contributed by atoms with E-state index in [2.05, 4.69) is 15.9 Å². The number of anilines is 2. The van der Waals surface area contributed by atoms with E-state index >= 15 is 0 Å². The van der Waals surface area contributed by atoms with Crippen LogP contribution in [0.15, 0.2) is 34.8 Å². The molecule has 21 heavy (non-hydrogen) atoms. The summed E-state index contributed by atoms with van der Waals surface area (Å²) in [6.45, 7) is 0. The van der Waals surface area contributed by atoms with Gasteiger partial charge in [0.2, 0.25) is 0 Å². The molecule has 0 atom stereocenters. The Balaban J connectivity index is 2.22. The molecule has 0 unspecified atom stereocenters. The Morgan fingerprint density at radius 3 is 2.52 bits per heavy atom. The molecule has 0 spiro atoms. The zero-order valence-corrected chi connectivity index (χ0v) is 12.7. The molecule has 0 radical (unpaired) electrons.